The summed E-state index contributed by atoms with van der Waals surface area (Å²) in [6.45, 7) is 7.27. The zero-order chi connectivity index (χ0) is 22.2. The lowest BCUT2D eigenvalue weighted by Gasteiger charge is -2.44. The average molecular weight is 428 g/mol. The van der Waals surface area contributed by atoms with E-state index in [4.69, 9.17) is 4.74 Å². The van der Waals surface area contributed by atoms with E-state index >= 15 is 0 Å². The topological polar surface area (TPSA) is 79.0 Å². The highest BCUT2D eigenvalue weighted by Crippen LogP contribution is 2.39. The van der Waals surface area contributed by atoms with Gasteiger partial charge < -0.3 is 15.0 Å². The lowest BCUT2D eigenvalue weighted by Crippen LogP contribution is -2.60. The van der Waals surface area contributed by atoms with Gasteiger partial charge in [-0.3, -0.25) is 19.3 Å². The molecule has 1 N–H and O–H groups in total. The highest BCUT2D eigenvalue weighted by atomic mass is 16.5. The highest BCUT2D eigenvalue weighted by Gasteiger charge is 2.54. The Bertz CT molecular complexity index is 856. The Morgan fingerprint density at radius 1 is 1.19 bits per heavy atom. The van der Waals surface area contributed by atoms with E-state index in [0.29, 0.717) is 43.8 Å². The van der Waals surface area contributed by atoms with Crippen LogP contribution in [0.3, 0.4) is 0 Å². The van der Waals surface area contributed by atoms with Crippen LogP contribution in [-0.4, -0.2) is 65.0 Å². The largest absolute Gasteiger partial charge is 0.353 e. The fraction of sp³-hybridized carbons (Fsp3) is 0.625. The third-order valence-electron chi connectivity index (χ3n) is 6.45. The number of carbonyl (C=O) groups is 3. The number of aryl methyl sites for hydroxylation is 1. The second kappa shape index (κ2) is 8.61. The molecule has 7 heteroatoms. The Balaban J connectivity index is 1.56. The Hall–Kier alpha value is -2.41. The molecule has 3 fully saturated rings. The van der Waals surface area contributed by atoms with Gasteiger partial charge in [-0.1, -0.05) is 31.5 Å². The van der Waals surface area contributed by atoms with E-state index in [9.17, 15) is 14.4 Å². The molecule has 1 aromatic carbocycles. The number of amides is 3. The number of hydrogen-bond donors (Lipinski definition) is 1. The first-order valence-corrected chi connectivity index (χ1v) is 11.4. The second-order valence-electron chi connectivity index (χ2n) is 9.58. The van der Waals surface area contributed by atoms with E-state index in [1.807, 2.05) is 43.9 Å². The van der Waals surface area contributed by atoms with E-state index in [0.717, 1.165) is 18.4 Å². The van der Waals surface area contributed by atoms with E-state index in [1.165, 1.54) is 0 Å². The van der Waals surface area contributed by atoms with E-state index < -0.39 is 11.8 Å². The van der Waals surface area contributed by atoms with Gasteiger partial charge in [0.15, 0.2) is 0 Å². The predicted molar refractivity (Wildman–Crippen MR) is 116 cm³/mol. The summed E-state index contributed by atoms with van der Waals surface area (Å²) >= 11 is 0. The van der Waals surface area contributed by atoms with Gasteiger partial charge in [-0.15, -0.1) is 0 Å². The number of benzene rings is 1. The third-order valence-corrected chi connectivity index (χ3v) is 6.45. The van der Waals surface area contributed by atoms with Crippen molar-refractivity contribution in [3.8, 4) is 0 Å². The first-order valence-electron chi connectivity index (χ1n) is 11.4. The molecule has 1 aliphatic carbocycles. The minimum atomic E-state index is -0.846. The van der Waals surface area contributed by atoms with Crippen molar-refractivity contribution < 1.29 is 19.1 Å². The van der Waals surface area contributed by atoms with Crippen LogP contribution in [0.25, 0.3) is 0 Å². The van der Waals surface area contributed by atoms with Crippen molar-refractivity contribution in [3.63, 3.8) is 0 Å². The summed E-state index contributed by atoms with van der Waals surface area (Å²) in [7, 11) is 0. The van der Waals surface area contributed by atoms with Gasteiger partial charge >= 0.3 is 0 Å². The molecular weight excluding hydrogens is 394 g/mol. The molecule has 2 saturated heterocycles. The molecule has 2 heterocycles. The van der Waals surface area contributed by atoms with Gasteiger partial charge in [-0.2, -0.15) is 0 Å². The molecule has 1 spiro atoms. The second-order valence-corrected chi connectivity index (χ2v) is 9.58. The minimum Gasteiger partial charge on any atom is -0.353 e. The smallest absolute Gasteiger partial charge is 0.256 e. The summed E-state index contributed by atoms with van der Waals surface area (Å²) in [5, 5.41) is 3.04. The lowest BCUT2D eigenvalue weighted by atomic mass is 9.95. The van der Waals surface area contributed by atoms with Crippen molar-refractivity contribution in [2.45, 2.75) is 70.7 Å². The fourth-order valence-corrected chi connectivity index (χ4v) is 4.59. The molecule has 7 nitrogen and oxygen atoms in total. The molecule has 0 radical (unpaired) electrons. The first-order chi connectivity index (χ1) is 14.8. The maximum absolute atomic E-state index is 13.6. The first kappa shape index (κ1) is 21.8. The summed E-state index contributed by atoms with van der Waals surface area (Å²) in [5.74, 6) is 0.126. The number of ether oxygens (including phenoxy) is 1. The van der Waals surface area contributed by atoms with Gasteiger partial charge in [-0.05, 0) is 37.8 Å². The van der Waals surface area contributed by atoms with Crippen LogP contribution in [0, 0.1) is 12.8 Å². The number of nitrogens with zero attached hydrogens (tertiary/aromatic N) is 2. The molecule has 4 rings (SSSR count). The maximum Gasteiger partial charge on any atom is 0.256 e. The lowest BCUT2D eigenvalue weighted by molar-refractivity contribution is -0.144. The minimum absolute atomic E-state index is 0.140. The number of hydrogen-bond acceptors (Lipinski definition) is 4. The third kappa shape index (κ3) is 4.61. The molecular formula is C24H33N3O4. The summed E-state index contributed by atoms with van der Waals surface area (Å²) in [5.41, 5.74) is 0.710. The van der Waals surface area contributed by atoms with Crippen molar-refractivity contribution in [2.75, 3.05) is 19.7 Å². The monoisotopic (exact) mass is 427 g/mol. The summed E-state index contributed by atoms with van der Waals surface area (Å²) in [6.07, 6.45) is 3.53. The normalized spacial score (nSPS) is 22.8. The van der Waals surface area contributed by atoms with Gasteiger partial charge in [0.25, 0.3) is 5.91 Å². The number of carbonyl (C=O) groups excluding carboxylic acids is 3. The van der Waals surface area contributed by atoms with Crippen LogP contribution in [0.2, 0.25) is 0 Å². The molecule has 168 valence electrons. The van der Waals surface area contributed by atoms with Crippen LogP contribution < -0.4 is 5.32 Å². The van der Waals surface area contributed by atoms with Crippen molar-refractivity contribution in [2.24, 2.45) is 5.92 Å². The molecule has 0 unspecified atom stereocenters. The van der Waals surface area contributed by atoms with E-state index in [1.54, 1.807) is 11.0 Å². The van der Waals surface area contributed by atoms with Crippen molar-refractivity contribution >= 4 is 17.7 Å². The standard InChI is InChI=1S/C24H33N3O4/c1-16(2)13-21(28)26-11-9-24(10-12-26)27(23(30)18-6-4-5-17(3)14-18)20(15-31-24)22(29)25-19-7-8-19/h4-6,14,16,19-20H,7-13,15H2,1-3H3,(H,25,29)/t20-/m0/s1. The molecule has 0 bridgehead atoms. The molecule has 2 aliphatic heterocycles. The molecule has 1 aromatic rings. The Morgan fingerprint density at radius 3 is 2.52 bits per heavy atom. The quantitative estimate of drug-likeness (QED) is 0.783. The van der Waals surface area contributed by atoms with Crippen LogP contribution in [0.5, 0.6) is 0 Å². The summed E-state index contributed by atoms with van der Waals surface area (Å²) in [4.78, 5) is 42.7. The number of rotatable bonds is 5. The Labute approximate surface area is 184 Å². The predicted octanol–water partition coefficient (Wildman–Crippen LogP) is 2.48. The highest BCUT2D eigenvalue weighted by molar-refractivity contribution is 5.98. The number of piperidine rings is 1. The molecule has 1 atom stereocenters. The summed E-state index contributed by atoms with van der Waals surface area (Å²) in [6, 6.07) is 7.02. The Kier molecular flexibility index (Phi) is 6.06. The molecule has 3 aliphatic rings. The molecule has 3 amide bonds. The van der Waals surface area contributed by atoms with Gasteiger partial charge in [0, 0.05) is 44.0 Å². The van der Waals surface area contributed by atoms with Crippen LogP contribution in [-0.2, 0) is 14.3 Å². The van der Waals surface area contributed by atoms with Gasteiger partial charge in [0.05, 0.1) is 6.61 Å². The van der Waals surface area contributed by atoms with Crippen LogP contribution in [0.15, 0.2) is 24.3 Å². The van der Waals surface area contributed by atoms with Gasteiger partial charge in [-0.25, -0.2) is 0 Å². The zero-order valence-corrected chi connectivity index (χ0v) is 18.7. The fourth-order valence-electron chi connectivity index (χ4n) is 4.59. The maximum atomic E-state index is 13.6. The van der Waals surface area contributed by atoms with E-state index in [2.05, 4.69) is 5.32 Å². The van der Waals surface area contributed by atoms with Crippen LogP contribution in [0.1, 0.15) is 61.9 Å². The zero-order valence-electron chi connectivity index (χ0n) is 18.7. The number of likely N-dealkylation sites (tertiary alicyclic amines) is 1. The van der Waals surface area contributed by atoms with Gasteiger partial charge in [0.1, 0.15) is 11.8 Å². The van der Waals surface area contributed by atoms with Crippen molar-refractivity contribution in [3.05, 3.63) is 35.4 Å². The van der Waals surface area contributed by atoms with Gasteiger partial charge in [0.2, 0.25) is 11.8 Å². The SMILES string of the molecule is Cc1cccc(C(=O)N2[C@H](C(=O)NC3CC3)COC23CCN(C(=O)CC(C)C)CC3)c1. The molecule has 31 heavy (non-hydrogen) atoms. The average Bonchev–Trinajstić information content (AvgIpc) is 3.47. The van der Waals surface area contributed by atoms with Crippen molar-refractivity contribution in [1.29, 1.82) is 0 Å². The van der Waals surface area contributed by atoms with Crippen molar-refractivity contribution in [1.82, 2.24) is 15.1 Å². The molecule has 1 saturated carbocycles. The summed E-state index contributed by atoms with van der Waals surface area (Å²) < 4.78 is 6.22. The van der Waals surface area contributed by atoms with E-state index in [-0.39, 0.29) is 30.4 Å². The number of nitrogens with one attached hydrogen (secondary N) is 1. The van der Waals surface area contributed by atoms with Crippen LogP contribution in [0.4, 0.5) is 0 Å². The Morgan fingerprint density at radius 2 is 1.90 bits per heavy atom. The molecule has 0 aromatic heterocycles. The van der Waals surface area contributed by atoms with Crippen LogP contribution >= 0.6 is 0 Å².